The molecule has 0 spiro atoms. The molecule has 0 aliphatic rings. The topological polar surface area (TPSA) is 26.3 Å². The summed E-state index contributed by atoms with van der Waals surface area (Å²) >= 11 is 5.23. The van der Waals surface area contributed by atoms with E-state index in [-0.39, 0.29) is 11.7 Å². The van der Waals surface area contributed by atoms with Crippen molar-refractivity contribution in [1.82, 2.24) is 0 Å². The number of hydrogen-bond donors (Lipinski definition) is 0. The molecule has 1 rings (SSSR count). The van der Waals surface area contributed by atoms with Crippen LogP contribution >= 0.6 is 11.6 Å². The molecule has 0 fully saturated rings. The fourth-order valence-corrected chi connectivity index (χ4v) is 1.47. The maximum Gasteiger partial charge on any atom is 0.225 e. The lowest BCUT2D eigenvalue weighted by molar-refractivity contribution is -0.112. The number of carbonyl (C=O) groups excluding carboxylic acids is 1. The second kappa shape index (κ2) is 5.17. The van der Waals surface area contributed by atoms with Gasteiger partial charge in [-0.1, -0.05) is 6.07 Å². The predicted octanol–water partition coefficient (Wildman–Crippen LogP) is 3.15. The van der Waals surface area contributed by atoms with E-state index in [1.807, 2.05) is 26.8 Å². The highest BCUT2D eigenvalue weighted by Gasteiger charge is 2.04. The molecular weight excluding hydrogens is 212 g/mol. The van der Waals surface area contributed by atoms with Crippen molar-refractivity contribution in [2.45, 2.75) is 27.2 Å². The molecule has 0 aromatic heterocycles. The highest BCUT2D eigenvalue weighted by atomic mass is 35.5. The van der Waals surface area contributed by atoms with Crippen LogP contribution < -0.4 is 4.74 Å². The van der Waals surface area contributed by atoms with Crippen LogP contribution in [0.3, 0.4) is 0 Å². The van der Waals surface area contributed by atoms with E-state index < -0.39 is 0 Å². The monoisotopic (exact) mass is 226 g/mol. The highest BCUT2D eigenvalue weighted by molar-refractivity contribution is 6.63. The Labute approximate surface area is 95.2 Å². The summed E-state index contributed by atoms with van der Waals surface area (Å²) in [6, 6.07) is 4.08. The van der Waals surface area contributed by atoms with Crippen LogP contribution in [-0.2, 0) is 4.79 Å². The van der Waals surface area contributed by atoms with Gasteiger partial charge in [0.15, 0.2) is 0 Å². The summed E-state index contributed by atoms with van der Waals surface area (Å²) in [6.45, 7) is 6.41. The second-order valence-corrected chi connectivity index (χ2v) is 4.08. The van der Waals surface area contributed by atoms with E-state index in [0.717, 1.165) is 16.9 Å². The van der Waals surface area contributed by atoms with Gasteiger partial charge < -0.3 is 4.74 Å². The van der Waals surface area contributed by atoms with Gasteiger partial charge in [-0.15, -0.1) is 0 Å². The van der Waals surface area contributed by atoms with Gasteiger partial charge in [0.2, 0.25) is 5.24 Å². The van der Waals surface area contributed by atoms with Crippen molar-refractivity contribution >= 4 is 16.8 Å². The van der Waals surface area contributed by atoms with E-state index >= 15 is 0 Å². The van der Waals surface area contributed by atoms with Crippen LogP contribution in [0.2, 0.25) is 0 Å². The highest BCUT2D eigenvalue weighted by Crippen LogP contribution is 2.23. The molecule has 0 aliphatic heterocycles. The van der Waals surface area contributed by atoms with Crippen molar-refractivity contribution in [3.63, 3.8) is 0 Å². The fraction of sp³-hybridized carbons (Fsp3) is 0.417. The smallest absolute Gasteiger partial charge is 0.225 e. The van der Waals surface area contributed by atoms with Crippen molar-refractivity contribution in [2.75, 3.05) is 6.61 Å². The molecule has 2 nitrogen and oxygen atoms in total. The van der Waals surface area contributed by atoms with E-state index in [1.54, 1.807) is 0 Å². The average molecular weight is 227 g/mol. The van der Waals surface area contributed by atoms with Crippen molar-refractivity contribution in [3.8, 4) is 5.75 Å². The Kier molecular flexibility index (Phi) is 4.15. The van der Waals surface area contributed by atoms with Crippen LogP contribution in [-0.4, -0.2) is 11.8 Å². The number of hydrogen-bond acceptors (Lipinski definition) is 2. The maximum absolute atomic E-state index is 10.5. The Bertz CT molecular complexity index is 372. The van der Waals surface area contributed by atoms with Crippen LogP contribution in [0, 0.1) is 20.8 Å². The minimum atomic E-state index is -0.364. The van der Waals surface area contributed by atoms with Gasteiger partial charge in [-0.05, 0) is 55.1 Å². The van der Waals surface area contributed by atoms with Crippen molar-refractivity contribution in [2.24, 2.45) is 0 Å². The third kappa shape index (κ3) is 3.56. The first-order chi connectivity index (χ1) is 7.00. The molecule has 0 amide bonds. The molecule has 0 saturated heterocycles. The zero-order chi connectivity index (χ0) is 11.4. The lowest BCUT2D eigenvalue weighted by Crippen LogP contribution is -2.03. The Morgan fingerprint density at radius 1 is 1.33 bits per heavy atom. The SMILES string of the molecule is Cc1cc(C)c(C)c(OCCC(=O)Cl)c1. The Hall–Kier alpha value is -1.02. The van der Waals surface area contributed by atoms with Crippen molar-refractivity contribution < 1.29 is 9.53 Å². The van der Waals surface area contributed by atoms with Crippen molar-refractivity contribution in [3.05, 3.63) is 28.8 Å². The van der Waals surface area contributed by atoms with Crippen LogP contribution in [0.1, 0.15) is 23.1 Å². The first kappa shape index (κ1) is 12.1. The largest absolute Gasteiger partial charge is 0.493 e. The molecule has 0 radical (unpaired) electrons. The molecule has 0 N–H and O–H groups in total. The summed E-state index contributed by atoms with van der Waals surface area (Å²) in [5.41, 5.74) is 3.47. The molecule has 0 saturated carbocycles. The van der Waals surface area contributed by atoms with Gasteiger partial charge in [0.1, 0.15) is 5.75 Å². The van der Waals surface area contributed by atoms with Gasteiger partial charge in [-0.25, -0.2) is 0 Å². The number of halogens is 1. The molecular formula is C12H15ClO2. The minimum absolute atomic E-state index is 0.244. The zero-order valence-electron chi connectivity index (χ0n) is 9.26. The number of aryl methyl sites for hydroxylation is 2. The summed E-state index contributed by atoms with van der Waals surface area (Å²) in [4.78, 5) is 10.5. The zero-order valence-corrected chi connectivity index (χ0v) is 10.0. The van der Waals surface area contributed by atoms with Crippen LogP contribution in [0.4, 0.5) is 0 Å². The van der Waals surface area contributed by atoms with Crippen LogP contribution in [0.25, 0.3) is 0 Å². The average Bonchev–Trinajstić information content (AvgIpc) is 2.12. The minimum Gasteiger partial charge on any atom is -0.493 e. The van der Waals surface area contributed by atoms with E-state index in [9.17, 15) is 4.79 Å². The number of carbonyl (C=O) groups is 1. The van der Waals surface area contributed by atoms with Gasteiger partial charge >= 0.3 is 0 Å². The van der Waals surface area contributed by atoms with Gasteiger partial charge in [-0.2, -0.15) is 0 Å². The standard InChI is InChI=1S/C12H15ClO2/c1-8-6-9(2)10(3)11(7-8)15-5-4-12(13)14/h6-7H,4-5H2,1-3H3. The van der Waals surface area contributed by atoms with E-state index in [1.165, 1.54) is 5.56 Å². The molecule has 0 atom stereocenters. The molecule has 0 bridgehead atoms. The maximum atomic E-state index is 10.5. The Balaban J connectivity index is 2.72. The normalized spacial score (nSPS) is 10.1. The van der Waals surface area contributed by atoms with Gasteiger partial charge in [0.05, 0.1) is 13.0 Å². The molecule has 1 aromatic rings. The lowest BCUT2D eigenvalue weighted by atomic mass is 10.1. The van der Waals surface area contributed by atoms with E-state index in [0.29, 0.717) is 6.61 Å². The summed E-state index contributed by atoms with van der Waals surface area (Å²) in [6.07, 6.45) is 0.244. The molecule has 0 heterocycles. The molecule has 15 heavy (non-hydrogen) atoms. The number of benzene rings is 1. The van der Waals surface area contributed by atoms with Gasteiger partial charge in [-0.3, -0.25) is 4.79 Å². The molecule has 3 heteroatoms. The molecule has 0 unspecified atom stereocenters. The van der Waals surface area contributed by atoms with Gasteiger partial charge in [0, 0.05) is 0 Å². The third-order valence-electron chi connectivity index (χ3n) is 2.32. The predicted molar refractivity (Wildman–Crippen MR) is 61.6 cm³/mol. The molecule has 1 aromatic carbocycles. The molecule has 82 valence electrons. The first-order valence-electron chi connectivity index (χ1n) is 4.89. The van der Waals surface area contributed by atoms with Crippen LogP contribution in [0.5, 0.6) is 5.75 Å². The van der Waals surface area contributed by atoms with Gasteiger partial charge in [0.25, 0.3) is 0 Å². The summed E-state index contributed by atoms with van der Waals surface area (Å²) in [7, 11) is 0. The first-order valence-corrected chi connectivity index (χ1v) is 5.27. The lowest BCUT2D eigenvalue weighted by Gasteiger charge is -2.11. The quantitative estimate of drug-likeness (QED) is 0.738. The number of rotatable bonds is 4. The third-order valence-corrected chi connectivity index (χ3v) is 2.51. The second-order valence-electron chi connectivity index (χ2n) is 3.66. The Morgan fingerprint density at radius 2 is 2.00 bits per heavy atom. The fourth-order valence-electron chi connectivity index (χ4n) is 1.39. The van der Waals surface area contributed by atoms with Crippen LogP contribution in [0.15, 0.2) is 12.1 Å². The van der Waals surface area contributed by atoms with Crippen molar-refractivity contribution in [1.29, 1.82) is 0 Å². The van der Waals surface area contributed by atoms with E-state index in [4.69, 9.17) is 16.3 Å². The number of ether oxygens (including phenoxy) is 1. The Morgan fingerprint density at radius 3 is 2.60 bits per heavy atom. The molecule has 0 aliphatic carbocycles. The summed E-state index contributed by atoms with van der Waals surface area (Å²) in [5, 5.41) is -0.364. The van der Waals surface area contributed by atoms with E-state index in [2.05, 4.69) is 6.07 Å². The summed E-state index contributed by atoms with van der Waals surface area (Å²) in [5.74, 6) is 0.838. The summed E-state index contributed by atoms with van der Waals surface area (Å²) < 4.78 is 5.50.